The third-order valence-corrected chi connectivity index (χ3v) is 3.98. The Labute approximate surface area is 127 Å². The lowest BCUT2D eigenvalue weighted by atomic mass is 9.98. The normalized spacial score (nSPS) is 24.6. The van der Waals surface area contributed by atoms with Crippen molar-refractivity contribution in [2.24, 2.45) is 0 Å². The molecule has 1 fully saturated rings. The van der Waals surface area contributed by atoms with E-state index in [1.807, 2.05) is 0 Å². The molecule has 0 aromatic heterocycles. The predicted octanol–water partition coefficient (Wildman–Crippen LogP) is 3.98. The molecule has 2 N–H and O–H groups in total. The zero-order valence-electron chi connectivity index (χ0n) is 12.0. The number of rotatable bonds is 4. The van der Waals surface area contributed by atoms with Crippen LogP contribution in [-0.2, 0) is 0 Å². The number of aliphatic hydroxyl groups is 1. The summed E-state index contributed by atoms with van der Waals surface area (Å²) in [6.45, 7) is 2.19. The first kappa shape index (κ1) is 17.4. The van der Waals surface area contributed by atoms with Crippen LogP contribution in [0.1, 0.15) is 57.1 Å². The van der Waals surface area contributed by atoms with E-state index in [4.69, 9.17) is 0 Å². The van der Waals surface area contributed by atoms with E-state index < -0.39 is 6.10 Å². The van der Waals surface area contributed by atoms with Crippen LogP contribution < -0.4 is 5.32 Å². The quantitative estimate of drug-likeness (QED) is 0.881. The van der Waals surface area contributed by atoms with Crippen molar-refractivity contribution in [1.29, 1.82) is 0 Å². The van der Waals surface area contributed by atoms with Gasteiger partial charge >= 0.3 is 0 Å². The average Bonchev–Trinajstić information content (AvgIpc) is 2.64. The summed E-state index contributed by atoms with van der Waals surface area (Å²) in [5.41, 5.74) is 0.676. The molecule has 0 bridgehead atoms. The first-order valence-electron chi connectivity index (χ1n) is 7.40. The summed E-state index contributed by atoms with van der Waals surface area (Å²) in [6, 6.07) is 6.84. The second kappa shape index (κ2) is 8.60. The predicted molar refractivity (Wildman–Crippen MR) is 82.7 cm³/mol. The Morgan fingerprint density at radius 2 is 2.10 bits per heavy atom. The fraction of sp³-hybridized carbons (Fsp3) is 0.625. The first-order valence-corrected chi connectivity index (χ1v) is 7.40. The van der Waals surface area contributed by atoms with E-state index in [9.17, 15) is 9.50 Å². The minimum absolute atomic E-state index is 0. The van der Waals surface area contributed by atoms with E-state index in [0.717, 1.165) is 25.7 Å². The second-order valence-electron chi connectivity index (χ2n) is 5.54. The Kier molecular flexibility index (Phi) is 7.49. The number of halogens is 2. The van der Waals surface area contributed by atoms with E-state index in [2.05, 4.69) is 12.2 Å². The molecule has 1 aromatic carbocycles. The molecule has 2 nitrogen and oxygen atoms in total. The summed E-state index contributed by atoms with van der Waals surface area (Å²) in [6.07, 6.45) is 6.16. The van der Waals surface area contributed by atoms with Crippen LogP contribution in [0.15, 0.2) is 24.3 Å². The third kappa shape index (κ3) is 4.72. The average molecular weight is 302 g/mol. The van der Waals surface area contributed by atoms with Crippen LogP contribution in [0, 0.1) is 5.82 Å². The van der Waals surface area contributed by atoms with Crippen molar-refractivity contribution < 1.29 is 9.50 Å². The fourth-order valence-corrected chi connectivity index (χ4v) is 2.97. The molecule has 1 heterocycles. The molecule has 0 amide bonds. The minimum Gasteiger partial charge on any atom is -0.387 e. The smallest absolute Gasteiger partial charge is 0.123 e. The van der Waals surface area contributed by atoms with Gasteiger partial charge in [-0.15, -0.1) is 12.4 Å². The van der Waals surface area contributed by atoms with E-state index in [1.54, 1.807) is 12.1 Å². The van der Waals surface area contributed by atoms with Crippen molar-refractivity contribution in [3.8, 4) is 0 Å². The minimum atomic E-state index is -0.617. The lowest BCUT2D eigenvalue weighted by molar-refractivity contribution is 0.119. The van der Waals surface area contributed by atoms with Gasteiger partial charge in [-0.1, -0.05) is 38.3 Å². The monoisotopic (exact) mass is 301 g/mol. The molecule has 114 valence electrons. The standard InChI is InChI=1S/C16H24FNO.ClH/c1-2-6-14-9-3-4-10-15(18-14)16(19)12-7-5-8-13(17)11-12;/h5,7-8,11,14-16,18-19H,2-4,6,9-10H2,1H3;1H/t14-,15+,16+;/m1./s1. The maximum Gasteiger partial charge on any atom is 0.123 e. The highest BCUT2D eigenvalue weighted by molar-refractivity contribution is 5.85. The number of hydrogen-bond donors (Lipinski definition) is 2. The van der Waals surface area contributed by atoms with E-state index in [-0.39, 0.29) is 24.3 Å². The molecular formula is C16H25ClFNO. The van der Waals surface area contributed by atoms with Gasteiger partial charge in [0.1, 0.15) is 5.82 Å². The molecule has 1 aromatic rings. The molecule has 0 spiro atoms. The number of nitrogens with one attached hydrogen (secondary N) is 1. The molecule has 3 atom stereocenters. The topological polar surface area (TPSA) is 32.3 Å². The largest absolute Gasteiger partial charge is 0.387 e. The molecule has 2 rings (SSSR count). The van der Waals surface area contributed by atoms with Gasteiger partial charge in [-0.25, -0.2) is 4.39 Å². The molecule has 1 aliphatic heterocycles. The van der Waals surface area contributed by atoms with Crippen LogP contribution in [0.5, 0.6) is 0 Å². The summed E-state index contributed by atoms with van der Waals surface area (Å²) in [7, 11) is 0. The summed E-state index contributed by atoms with van der Waals surface area (Å²) in [4.78, 5) is 0. The Bertz CT molecular complexity index is 402. The van der Waals surface area contributed by atoms with Crippen molar-refractivity contribution in [3.05, 3.63) is 35.6 Å². The van der Waals surface area contributed by atoms with Gasteiger partial charge in [-0.3, -0.25) is 0 Å². The van der Waals surface area contributed by atoms with Gasteiger partial charge in [0.05, 0.1) is 6.10 Å². The summed E-state index contributed by atoms with van der Waals surface area (Å²) >= 11 is 0. The molecule has 0 radical (unpaired) electrons. The van der Waals surface area contributed by atoms with Crippen LogP contribution in [0.3, 0.4) is 0 Å². The van der Waals surface area contributed by atoms with Crippen molar-refractivity contribution in [3.63, 3.8) is 0 Å². The van der Waals surface area contributed by atoms with Crippen molar-refractivity contribution in [1.82, 2.24) is 5.32 Å². The van der Waals surface area contributed by atoms with E-state index >= 15 is 0 Å². The maximum absolute atomic E-state index is 13.2. The van der Waals surface area contributed by atoms with E-state index in [1.165, 1.54) is 25.0 Å². The molecule has 20 heavy (non-hydrogen) atoms. The zero-order chi connectivity index (χ0) is 13.7. The van der Waals surface area contributed by atoms with Gasteiger partial charge < -0.3 is 10.4 Å². The van der Waals surface area contributed by atoms with Crippen molar-refractivity contribution in [2.45, 2.75) is 63.6 Å². The van der Waals surface area contributed by atoms with E-state index in [0.29, 0.717) is 11.6 Å². The Balaban J connectivity index is 0.00000200. The molecule has 0 saturated carbocycles. The molecular weight excluding hydrogens is 277 g/mol. The maximum atomic E-state index is 13.2. The number of hydrogen-bond acceptors (Lipinski definition) is 2. The highest BCUT2D eigenvalue weighted by Crippen LogP contribution is 2.25. The molecule has 0 unspecified atom stereocenters. The summed E-state index contributed by atoms with van der Waals surface area (Å²) in [5, 5.41) is 14.0. The summed E-state index contributed by atoms with van der Waals surface area (Å²) < 4.78 is 13.2. The molecule has 1 saturated heterocycles. The van der Waals surface area contributed by atoms with Gasteiger partial charge in [0.2, 0.25) is 0 Å². The number of aliphatic hydroxyl groups excluding tert-OH is 1. The zero-order valence-corrected chi connectivity index (χ0v) is 12.8. The van der Waals surface area contributed by atoms with Gasteiger partial charge in [-0.2, -0.15) is 0 Å². The molecule has 4 heteroatoms. The molecule has 0 aliphatic carbocycles. The Hall–Kier alpha value is -0.640. The van der Waals surface area contributed by atoms with Crippen LogP contribution >= 0.6 is 12.4 Å². The van der Waals surface area contributed by atoms with Crippen LogP contribution in [0.25, 0.3) is 0 Å². The van der Waals surface area contributed by atoms with Crippen LogP contribution in [-0.4, -0.2) is 17.2 Å². The number of benzene rings is 1. The van der Waals surface area contributed by atoms with Crippen molar-refractivity contribution in [2.75, 3.05) is 0 Å². The summed E-state index contributed by atoms with van der Waals surface area (Å²) in [5.74, 6) is -0.282. The fourth-order valence-electron chi connectivity index (χ4n) is 2.97. The van der Waals surface area contributed by atoms with Gasteiger partial charge in [0.25, 0.3) is 0 Å². The Morgan fingerprint density at radius 1 is 1.35 bits per heavy atom. The van der Waals surface area contributed by atoms with Crippen LogP contribution in [0.2, 0.25) is 0 Å². The van der Waals surface area contributed by atoms with Crippen LogP contribution in [0.4, 0.5) is 4.39 Å². The second-order valence-corrected chi connectivity index (χ2v) is 5.54. The third-order valence-electron chi connectivity index (χ3n) is 3.98. The van der Waals surface area contributed by atoms with Gasteiger partial charge in [0.15, 0.2) is 0 Å². The first-order chi connectivity index (χ1) is 9.20. The highest BCUT2D eigenvalue weighted by Gasteiger charge is 2.25. The van der Waals surface area contributed by atoms with Gasteiger partial charge in [-0.05, 0) is 37.0 Å². The Morgan fingerprint density at radius 3 is 2.80 bits per heavy atom. The molecule has 1 aliphatic rings. The SMILES string of the molecule is CCC[C@@H]1CCCC[C@@H]([C@@H](O)c2cccc(F)c2)N1.Cl. The van der Waals surface area contributed by atoms with Gasteiger partial charge in [0, 0.05) is 12.1 Å². The lowest BCUT2D eigenvalue weighted by Gasteiger charge is -2.27. The van der Waals surface area contributed by atoms with Crippen molar-refractivity contribution >= 4 is 12.4 Å². The lowest BCUT2D eigenvalue weighted by Crippen LogP contribution is -2.40. The highest BCUT2D eigenvalue weighted by atomic mass is 35.5.